The smallest absolute Gasteiger partial charge is 0.264 e. The standard InChI is InChI=1S/C13H17BrN2OS/c1-7-3-11(18-12(7)14)13(17)16-8(2)4-9-5-15-6-10(9)16/h3,8-10,15H,4-6H2,1-2H3. The number of hydrogen-bond acceptors (Lipinski definition) is 3. The van der Waals surface area contributed by atoms with E-state index in [9.17, 15) is 4.79 Å². The highest BCUT2D eigenvalue weighted by molar-refractivity contribution is 9.11. The van der Waals surface area contributed by atoms with Crippen LogP contribution in [0.4, 0.5) is 0 Å². The van der Waals surface area contributed by atoms with Gasteiger partial charge in [0.25, 0.3) is 5.91 Å². The lowest BCUT2D eigenvalue weighted by Gasteiger charge is -2.27. The van der Waals surface area contributed by atoms with Crippen LogP contribution in [-0.4, -0.2) is 36.0 Å². The first-order valence-corrected chi connectivity index (χ1v) is 7.98. The Hall–Kier alpha value is -0.390. The fourth-order valence-corrected chi connectivity index (χ4v) is 4.69. The van der Waals surface area contributed by atoms with Crippen molar-refractivity contribution in [3.8, 4) is 0 Å². The number of nitrogens with one attached hydrogen (secondary N) is 1. The number of hydrogen-bond donors (Lipinski definition) is 1. The summed E-state index contributed by atoms with van der Waals surface area (Å²) in [7, 11) is 0. The van der Waals surface area contributed by atoms with Crippen LogP contribution in [0.25, 0.3) is 0 Å². The topological polar surface area (TPSA) is 32.3 Å². The van der Waals surface area contributed by atoms with Crippen molar-refractivity contribution in [1.29, 1.82) is 0 Å². The average Bonchev–Trinajstić information content (AvgIpc) is 2.94. The lowest BCUT2D eigenvalue weighted by molar-refractivity contribution is 0.0687. The molecule has 2 saturated heterocycles. The van der Waals surface area contributed by atoms with Crippen molar-refractivity contribution in [2.45, 2.75) is 32.4 Å². The molecule has 98 valence electrons. The molecule has 0 spiro atoms. The summed E-state index contributed by atoms with van der Waals surface area (Å²) in [5.74, 6) is 0.853. The molecule has 18 heavy (non-hydrogen) atoms. The van der Waals surface area contributed by atoms with Crippen LogP contribution < -0.4 is 5.32 Å². The third-order valence-electron chi connectivity index (χ3n) is 4.08. The van der Waals surface area contributed by atoms with E-state index in [1.165, 1.54) is 0 Å². The minimum atomic E-state index is 0.206. The molecular formula is C13H17BrN2OS. The third-order valence-corrected chi connectivity index (χ3v) is 6.21. The van der Waals surface area contributed by atoms with Crippen molar-refractivity contribution >= 4 is 33.2 Å². The Bertz CT molecular complexity index is 468. The van der Waals surface area contributed by atoms with Gasteiger partial charge >= 0.3 is 0 Å². The molecule has 5 heteroatoms. The maximum atomic E-state index is 12.7. The summed E-state index contributed by atoms with van der Waals surface area (Å²) >= 11 is 5.05. The molecule has 1 aromatic rings. The van der Waals surface area contributed by atoms with Crippen LogP contribution in [-0.2, 0) is 0 Å². The van der Waals surface area contributed by atoms with Gasteiger partial charge in [0.15, 0.2) is 0 Å². The highest BCUT2D eigenvalue weighted by Crippen LogP contribution is 2.35. The Balaban J connectivity index is 1.87. The summed E-state index contributed by atoms with van der Waals surface area (Å²) < 4.78 is 1.07. The van der Waals surface area contributed by atoms with E-state index in [-0.39, 0.29) is 5.91 Å². The van der Waals surface area contributed by atoms with E-state index in [2.05, 4.69) is 33.1 Å². The second-order valence-electron chi connectivity index (χ2n) is 5.35. The van der Waals surface area contributed by atoms with Gasteiger partial charge in [-0.3, -0.25) is 4.79 Å². The summed E-state index contributed by atoms with van der Waals surface area (Å²) in [6, 6.07) is 2.77. The van der Waals surface area contributed by atoms with Gasteiger partial charge in [-0.25, -0.2) is 0 Å². The Morgan fingerprint density at radius 1 is 1.56 bits per heavy atom. The second-order valence-corrected chi connectivity index (χ2v) is 7.72. The molecule has 1 aromatic heterocycles. The molecule has 3 nitrogen and oxygen atoms in total. The Morgan fingerprint density at radius 2 is 2.33 bits per heavy atom. The van der Waals surface area contributed by atoms with E-state index in [0.29, 0.717) is 18.0 Å². The van der Waals surface area contributed by atoms with Crippen LogP contribution >= 0.6 is 27.3 Å². The van der Waals surface area contributed by atoms with Crippen molar-refractivity contribution in [1.82, 2.24) is 10.2 Å². The van der Waals surface area contributed by atoms with E-state index < -0.39 is 0 Å². The zero-order chi connectivity index (χ0) is 12.9. The fraction of sp³-hybridized carbons (Fsp3) is 0.615. The molecule has 0 aliphatic carbocycles. The quantitative estimate of drug-likeness (QED) is 0.859. The molecule has 1 N–H and O–H groups in total. The van der Waals surface area contributed by atoms with Gasteiger partial charge in [0.05, 0.1) is 8.66 Å². The lowest BCUT2D eigenvalue weighted by Crippen LogP contribution is -2.42. The summed E-state index contributed by atoms with van der Waals surface area (Å²) in [5.41, 5.74) is 1.15. The van der Waals surface area contributed by atoms with Gasteiger partial charge < -0.3 is 10.2 Å². The van der Waals surface area contributed by atoms with Crippen LogP contribution in [0.15, 0.2) is 9.85 Å². The molecule has 0 bridgehead atoms. The SMILES string of the molecule is Cc1cc(C(=O)N2C(C)CC3CNCC32)sc1Br. The van der Waals surface area contributed by atoms with Gasteiger partial charge in [0, 0.05) is 25.2 Å². The van der Waals surface area contributed by atoms with Crippen LogP contribution in [0, 0.1) is 12.8 Å². The number of carbonyl (C=O) groups is 1. The molecule has 1 amide bonds. The zero-order valence-electron chi connectivity index (χ0n) is 10.6. The Morgan fingerprint density at radius 3 is 3.00 bits per heavy atom. The highest BCUT2D eigenvalue weighted by Gasteiger charge is 2.44. The predicted octanol–water partition coefficient (Wildman–Crippen LogP) is 2.64. The summed E-state index contributed by atoms with van der Waals surface area (Å²) in [6.07, 6.45) is 1.13. The Kier molecular flexibility index (Phi) is 3.24. The van der Waals surface area contributed by atoms with Crippen molar-refractivity contribution in [3.05, 3.63) is 20.3 Å². The van der Waals surface area contributed by atoms with Crippen LogP contribution in [0.1, 0.15) is 28.6 Å². The van der Waals surface area contributed by atoms with Crippen LogP contribution in [0.5, 0.6) is 0 Å². The maximum Gasteiger partial charge on any atom is 0.264 e. The van der Waals surface area contributed by atoms with Crippen LogP contribution in [0.3, 0.4) is 0 Å². The fourth-order valence-electron chi connectivity index (χ4n) is 3.21. The molecule has 3 heterocycles. The van der Waals surface area contributed by atoms with E-state index in [0.717, 1.165) is 33.7 Å². The van der Waals surface area contributed by atoms with Gasteiger partial charge in [0.1, 0.15) is 0 Å². The molecule has 0 aromatic carbocycles. The normalized spacial score (nSPS) is 30.8. The molecule has 0 saturated carbocycles. The zero-order valence-corrected chi connectivity index (χ0v) is 13.0. The van der Waals surface area contributed by atoms with E-state index in [4.69, 9.17) is 0 Å². The molecular weight excluding hydrogens is 312 g/mol. The largest absolute Gasteiger partial charge is 0.331 e. The molecule has 2 aliphatic heterocycles. The molecule has 3 unspecified atom stereocenters. The molecule has 2 aliphatic rings. The number of aryl methyl sites for hydroxylation is 1. The Labute approximate surface area is 120 Å². The molecule has 2 fully saturated rings. The monoisotopic (exact) mass is 328 g/mol. The van der Waals surface area contributed by atoms with Crippen molar-refractivity contribution in [2.75, 3.05) is 13.1 Å². The number of rotatable bonds is 1. The van der Waals surface area contributed by atoms with E-state index in [1.54, 1.807) is 11.3 Å². The van der Waals surface area contributed by atoms with Gasteiger partial charge in [-0.1, -0.05) is 0 Å². The van der Waals surface area contributed by atoms with Crippen molar-refractivity contribution < 1.29 is 4.79 Å². The molecule has 0 radical (unpaired) electrons. The average molecular weight is 329 g/mol. The lowest BCUT2D eigenvalue weighted by atomic mass is 10.0. The van der Waals surface area contributed by atoms with E-state index >= 15 is 0 Å². The minimum Gasteiger partial charge on any atom is -0.331 e. The van der Waals surface area contributed by atoms with E-state index in [1.807, 2.05) is 13.0 Å². The third kappa shape index (κ3) is 1.92. The van der Waals surface area contributed by atoms with Gasteiger partial charge in [-0.2, -0.15) is 0 Å². The summed E-state index contributed by atoms with van der Waals surface area (Å²) in [4.78, 5) is 15.6. The van der Waals surface area contributed by atoms with Crippen molar-refractivity contribution in [2.24, 2.45) is 5.92 Å². The number of amides is 1. The number of thiophene rings is 1. The van der Waals surface area contributed by atoms with Gasteiger partial charge in [-0.15, -0.1) is 11.3 Å². The number of halogens is 1. The first-order valence-electron chi connectivity index (χ1n) is 6.37. The maximum absolute atomic E-state index is 12.7. The minimum absolute atomic E-state index is 0.206. The second kappa shape index (κ2) is 4.62. The molecule has 3 atom stereocenters. The van der Waals surface area contributed by atoms with Gasteiger partial charge in [-0.05, 0) is 53.7 Å². The number of fused-ring (bicyclic) bond motifs is 1. The first-order chi connectivity index (χ1) is 8.58. The van der Waals surface area contributed by atoms with Crippen molar-refractivity contribution in [3.63, 3.8) is 0 Å². The number of carbonyl (C=O) groups excluding carboxylic acids is 1. The number of likely N-dealkylation sites (tertiary alicyclic amines) is 1. The van der Waals surface area contributed by atoms with Gasteiger partial charge in [0.2, 0.25) is 0 Å². The van der Waals surface area contributed by atoms with Crippen LogP contribution in [0.2, 0.25) is 0 Å². The summed E-state index contributed by atoms with van der Waals surface area (Å²) in [5, 5.41) is 3.40. The highest BCUT2D eigenvalue weighted by atomic mass is 79.9. The molecule has 3 rings (SSSR count). The predicted molar refractivity (Wildman–Crippen MR) is 77.2 cm³/mol. The summed E-state index contributed by atoms with van der Waals surface area (Å²) in [6.45, 7) is 6.22. The first kappa shape index (κ1) is 12.6. The number of nitrogens with zero attached hydrogens (tertiary/aromatic N) is 1.